The minimum Gasteiger partial charge on any atom is -0.482 e. The number of esters is 1. The van der Waals surface area contributed by atoms with E-state index < -0.39 is 5.97 Å². The van der Waals surface area contributed by atoms with Crippen molar-refractivity contribution in [3.05, 3.63) is 39.9 Å². The number of aromatic nitrogens is 1. The summed E-state index contributed by atoms with van der Waals surface area (Å²) in [5, 5.41) is 0.953. The van der Waals surface area contributed by atoms with Crippen molar-refractivity contribution < 1.29 is 19.1 Å². The van der Waals surface area contributed by atoms with E-state index in [9.17, 15) is 9.59 Å². The number of amides is 1. The summed E-state index contributed by atoms with van der Waals surface area (Å²) >= 11 is 7.23. The first-order valence-corrected chi connectivity index (χ1v) is 9.54. The molecule has 0 bridgehead atoms. The van der Waals surface area contributed by atoms with Gasteiger partial charge in [0.1, 0.15) is 10.6 Å². The number of para-hydroxylation sites is 1. The number of hydrogen-bond donors (Lipinski definition) is 0. The second-order valence-corrected chi connectivity index (χ2v) is 7.23. The summed E-state index contributed by atoms with van der Waals surface area (Å²) in [6.45, 7) is 3.64. The highest BCUT2D eigenvalue weighted by Gasteiger charge is 2.36. The minimum absolute atomic E-state index is 0.0953. The normalized spacial score (nSPS) is 13.3. The van der Waals surface area contributed by atoms with Crippen LogP contribution in [0, 0.1) is 6.92 Å². The van der Waals surface area contributed by atoms with E-state index >= 15 is 0 Å². The van der Waals surface area contributed by atoms with E-state index in [2.05, 4.69) is 4.98 Å². The zero-order valence-electron chi connectivity index (χ0n) is 14.5. The molecule has 138 valence electrons. The Balaban J connectivity index is 1.75. The van der Waals surface area contributed by atoms with E-state index in [1.807, 2.05) is 0 Å². The molecule has 1 aromatic heterocycles. The molecule has 0 aliphatic heterocycles. The Morgan fingerprint density at radius 1 is 1.35 bits per heavy atom. The van der Waals surface area contributed by atoms with Gasteiger partial charge in [0, 0.05) is 6.04 Å². The van der Waals surface area contributed by atoms with Crippen LogP contribution in [0.5, 0.6) is 5.75 Å². The van der Waals surface area contributed by atoms with Crippen LogP contribution in [0.25, 0.3) is 0 Å². The summed E-state index contributed by atoms with van der Waals surface area (Å²) in [4.78, 5) is 31.2. The molecule has 1 aliphatic carbocycles. The third-order valence-electron chi connectivity index (χ3n) is 3.82. The van der Waals surface area contributed by atoms with Crippen LogP contribution >= 0.6 is 22.9 Å². The number of carbonyl (C=O) groups is 2. The first kappa shape index (κ1) is 18.7. The zero-order chi connectivity index (χ0) is 18.7. The highest BCUT2D eigenvalue weighted by Crippen LogP contribution is 2.36. The number of carbonyl (C=O) groups excluding carboxylic acids is 2. The fourth-order valence-corrected chi connectivity index (χ4v) is 3.68. The van der Waals surface area contributed by atoms with Crippen molar-refractivity contribution in [2.45, 2.75) is 32.7 Å². The third-order valence-corrected chi connectivity index (χ3v) is 5.27. The Morgan fingerprint density at radius 3 is 2.73 bits per heavy atom. The van der Waals surface area contributed by atoms with E-state index in [4.69, 9.17) is 21.1 Å². The third kappa shape index (κ3) is 4.16. The quantitative estimate of drug-likeness (QED) is 0.667. The number of halogens is 1. The maximum Gasteiger partial charge on any atom is 0.350 e. The molecule has 0 N–H and O–H groups in total. The molecule has 0 atom stereocenters. The maximum absolute atomic E-state index is 12.7. The van der Waals surface area contributed by atoms with Gasteiger partial charge >= 0.3 is 5.97 Å². The molecule has 1 saturated carbocycles. The molecule has 1 fully saturated rings. The first-order chi connectivity index (χ1) is 12.5. The Bertz CT molecular complexity index is 819. The predicted molar refractivity (Wildman–Crippen MR) is 100 cm³/mol. The van der Waals surface area contributed by atoms with Crippen LogP contribution in [-0.2, 0) is 9.53 Å². The lowest BCUT2D eigenvalue weighted by atomic mass is 10.3. The molecule has 1 amide bonds. The van der Waals surface area contributed by atoms with E-state index in [1.54, 1.807) is 43.0 Å². The minimum atomic E-state index is -0.413. The largest absolute Gasteiger partial charge is 0.482 e. The van der Waals surface area contributed by atoms with Gasteiger partial charge in [-0.1, -0.05) is 35.1 Å². The van der Waals surface area contributed by atoms with Crippen molar-refractivity contribution >= 4 is 39.9 Å². The Kier molecular flexibility index (Phi) is 5.78. The SMILES string of the molecule is CCOC(=O)c1sc(N(C(=O)COc2ccccc2Cl)C2CC2)nc1C. The average Bonchev–Trinajstić information content (AvgIpc) is 3.36. The summed E-state index contributed by atoms with van der Waals surface area (Å²) in [5.74, 6) is -0.165. The van der Waals surface area contributed by atoms with E-state index in [0.29, 0.717) is 33.1 Å². The van der Waals surface area contributed by atoms with Crippen LogP contribution in [0.15, 0.2) is 24.3 Å². The van der Waals surface area contributed by atoms with Crippen LogP contribution in [0.1, 0.15) is 35.1 Å². The molecule has 2 aromatic rings. The molecule has 1 aliphatic rings. The highest BCUT2D eigenvalue weighted by atomic mass is 35.5. The topological polar surface area (TPSA) is 68.7 Å². The van der Waals surface area contributed by atoms with E-state index in [1.165, 1.54) is 11.3 Å². The molecule has 6 nitrogen and oxygen atoms in total. The van der Waals surface area contributed by atoms with Gasteiger partial charge in [-0.15, -0.1) is 0 Å². The summed E-state index contributed by atoms with van der Waals surface area (Å²) in [7, 11) is 0. The molecule has 0 saturated heterocycles. The smallest absolute Gasteiger partial charge is 0.350 e. The summed E-state index contributed by atoms with van der Waals surface area (Å²) in [5.41, 5.74) is 0.564. The number of benzene rings is 1. The summed E-state index contributed by atoms with van der Waals surface area (Å²) < 4.78 is 10.6. The number of ether oxygens (including phenoxy) is 2. The fraction of sp³-hybridized carbons (Fsp3) is 0.389. The second kappa shape index (κ2) is 8.05. The van der Waals surface area contributed by atoms with Gasteiger partial charge in [-0.2, -0.15) is 0 Å². The Hall–Kier alpha value is -2.12. The van der Waals surface area contributed by atoms with Gasteiger partial charge in [0.25, 0.3) is 5.91 Å². The Morgan fingerprint density at radius 2 is 2.08 bits per heavy atom. The molecular formula is C18H19ClN2O4S. The van der Waals surface area contributed by atoms with Crippen LogP contribution in [0.2, 0.25) is 5.02 Å². The van der Waals surface area contributed by atoms with Crippen molar-refractivity contribution in [3.8, 4) is 5.75 Å². The Labute approximate surface area is 160 Å². The summed E-state index contributed by atoms with van der Waals surface area (Å²) in [6, 6.07) is 7.10. The van der Waals surface area contributed by atoms with Gasteiger partial charge < -0.3 is 9.47 Å². The molecule has 0 radical (unpaired) electrons. The van der Waals surface area contributed by atoms with Crippen LogP contribution in [0.3, 0.4) is 0 Å². The molecule has 8 heteroatoms. The zero-order valence-corrected chi connectivity index (χ0v) is 16.1. The highest BCUT2D eigenvalue weighted by molar-refractivity contribution is 7.17. The monoisotopic (exact) mass is 394 g/mol. The van der Waals surface area contributed by atoms with E-state index in [0.717, 1.165) is 12.8 Å². The maximum atomic E-state index is 12.7. The first-order valence-electron chi connectivity index (χ1n) is 8.35. The molecule has 3 rings (SSSR count). The number of hydrogen-bond acceptors (Lipinski definition) is 6. The summed E-state index contributed by atoms with van der Waals surface area (Å²) in [6.07, 6.45) is 1.82. The van der Waals surface area contributed by atoms with Crippen molar-refractivity contribution in [1.82, 2.24) is 4.98 Å². The van der Waals surface area contributed by atoms with Crippen LogP contribution in [-0.4, -0.2) is 36.1 Å². The van der Waals surface area contributed by atoms with Crippen LogP contribution < -0.4 is 9.64 Å². The number of anilines is 1. The number of aryl methyl sites for hydroxylation is 1. The number of rotatable bonds is 7. The lowest BCUT2D eigenvalue weighted by molar-refractivity contribution is -0.120. The fourth-order valence-electron chi connectivity index (χ4n) is 2.44. The lowest BCUT2D eigenvalue weighted by Gasteiger charge is -2.19. The molecular weight excluding hydrogens is 376 g/mol. The van der Waals surface area contributed by atoms with Gasteiger partial charge in [0.15, 0.2) is 11.7 Å². The number of nitrogens with zero attached hydrogens (tertiary/aromatic N) is 2. The van der Waals surface area contributed by atoms with E-state index in [-0.39, 0.29) is 18.6 Å². The van der Waals surface area contributed by atoms with Gasteiger partial charge in [-0.05, 0) is 38.8 Å². The standard InChI is InChI=1S/C18H19ClN2O4S/c1-3-24-17(23)16-11(2)20-18(26-16)21(12-8-9-12)15(22)10-25-14-7-5-4-6-13(14)19/h4-7,12H,3,8-10H2,1-2H3. The molecule has 0 unspecified atom stereocenters. The number of thiazole rings is 1. The van der Waals surface area contributed by atoms with Gasteiger partial charge in [-0.3, -0.25) is 9.69 Å². The van der Waals surface area contributed by atoms with Crippen molar-refractivity contribution in [2.24, 2.45) is 0 Å². The predicted octanol–water partition coefficient (Wildman–Crippen LogP) is 3.86. The van der Waals surface area contributed by atoms with Gasteiger partial charge in [0.2, 0.25) is 0 Å². The molecule has 1 aromatic carbocycles. The second-order valence-electron chi connectivity index (χ2n) is 5.85. The van der Waals surface area contributed by atoms with Crippen molar-refractivity contribution in [2.75, 3.05) is 18.1 Å². The average molecular weight is 395 g/mol. The van der Waals surface area contributed by atoms with Gasteiger partial charge in [-0.25, -0.2) is 9.78 Å². The van der Waals surface area contributed by atoms with Crippen molar-refractivity contribution in [1.29, 1.82) is 0 Å². The molecule has 1 heterocycles. The molecule has 0 spiro atoms. The van der Waals surface area contributed by atoms with Crippen LogP contribution in [0.4, 0.5) is 5.13 Å². The molecule has 26 heavy (non-hydrogen) atoms. The van der Waals surface area contributed by atoms with Crippen molar-refractivity contribution in [3.63, 3.8) is 0 Å². The van der Waals surface area contributed by atoms with Gasteiger partial charge in [0.05, 0.1) is 17.3 Å². The lowest BCUT2D eigenvalue weighted by Crippen LogP contribution is -2.36.